The predicted octanol–water partition coefficient (Wildman–Crippen LogP) is 4.69. The number of hydrogen-bond donors (Lipinski definition) is 1. The summed E-state index contributed by atoms with van der Waals surface area (Å²) >= 11 is 5.82. The third-order valence-electron chi connectivity index (χ3n) is 3.91. The van der Waals surface area contributed by atoms with Gasteiger partial charge < -0.3 is 9.47 Å². The van der Waals surface area contributed by atoms with E-state index in [-0.39, 0.29) is 5.91 Å². The van der Waals surface area contributed by atoms with Crippen LogP contribution < -0.4 is 14.9 Å². The Morgan fingerprint density at radius 1 is 1.04 bits per heavy atom. The topological polar surface area (TPSA) is 59.9 Å². The molecule has 1 amide bonds. The molecule has 3 aromatic rings. The Bertz CT molecular complexity index is 957. The fourth-order valence-corrected chi connectivity index (χ4v) is 2.58. The molecule has 0 atom stereocenters. The van der Waals surface area contributed by atoms with Crippen molar-refractivity contribution in [2.75, 3.05) is 7.11 Å². The molecule has 1 N–H and O–H groups in total. The van der Waals surface area contributed by atoms with Crippen molar-refractivity contribution in [3.05, 3.63) is 94.5 Å². The van der Waals surface area contributed by atoms with Crippen molar-refractivity contribution >= 4 is 23.7 Å². The Hall–Kier alpha value is -3.31. The van der Waals surface area contributed by atoms with Crippen LogP contribution in [0.2, 0.25) is 5.02 Å². The van der Waals surface area contributed by atoms with E-state index in [0.717, 1.165) is 11.1 Å². The zero-order chi connectivity index (χ0) is 19.8. The van der Waals surface area contributed by atoms with Gasteiger partial charge in [-0.1, -0.05) is 41.9 Å². The molecule has 0 saturated heterocycles. The normalized spacial score (nSPS) is 10.6. The fraction of sp³-hybridized carbons (Fsp3) is 0.0909. The minimum Gasteiger partial charge on any atom is -0.493 e. The monoisotopic (exact) mass is 394 g/mol. The number of rotatable bonds is 7. The highest BCUT2D eigenvalue weighted by atomic mass is 35.5. The molecule has 3 aromatic carbocycles. The highest BCUT2D eigenvalue weighted by molar-refractivity contribution is 6.30. The van der Waals surface area contributed by atoms with Gasteiger partial charge in [-0.05, 0) is 53.6 Å². The maximum Gasteiger partial charge on any atom is 0.271 e. The van der Waals surface area contributed by atoms with E-state index in [4.69, 9.17) is 21.1 Å². The van der Waals surface area contributed by atoms with E-state index in [1.807, 2.05) is 42.5 Å². The van der Waals surface area contributed by atoms with E-state index in [1.54, 1.807) is 37.4 Å². The molecule has 0 spiro atoms. The first-order valence-electron chi connectivity index (χ1n) is 8.59. The van der Waals surface area contributed by atoms with E-state index in [0.29, 0.717) is 28.7 Å². The van der Waals surface area contributed by atoms with Gasteiger partial charge in [0, 0.05) is 10.6 Å². The first kappa shape index (κ1) is 19.5. The average Bonchev–Trinajstić information content (AvgIpc) is 2.73. The number of ether oxygens (including phenoxy) is 2. The predicted molar refractivity (Wildman–Crippen MR) is 110 cm³/mol. The molecule has 142 valence electrons. The number of halogens is 1. The summed E-state index contributed by atoms with van der Waals surface area (Å²) < 4.78 is 11.2. The standard InChI is InChI=1S/C22H19ClN2O3/c1-27-21-13-17(7-12-20(21)28-15-16-5-3-2-4-6-16)14-24-25-22(26)18-8-10-19(23)11-9-18/h2-14H,15H2,1H3,(H,25,26)/b24-14+. The molecule has 0 aliphatic carbocycles. The lowest BCUT2D eigenvalue weighted by Gasteiger charge is -2.11. The van der Waals surface area contributed by atoms with E-state index < -0.39 is 0 Å². The van der Waals surface area contributed by atoms with Gasteiger partial charge in [0.25, 0.3) is 5.91 Å². The van der Waals surface area contributed by atoms with Crippen molar-refractivity contribution in [2.45, 2.75) is 6.61 Å². The van der Waals surface area contributed by atoms with Gasteiger partial charge >= 0.3 is 0 Å². The highest BCUT2D eigenvalue weighted by Gasteiger charge is 2.06. The molecular formula is C22H19ClN2O3. The maximum atomic E-state index is 12.0. The van der Waals surface area contributed by atoms with Gasteiger partial charge in [0.1, 0.15) is 6.61 Å². The molecule has 0 aliphatic heterocycles. The number of carbonyl (C=O) groups excluding carboxylic acids is 1. The quantitative estimate of drug-likeness (QED) is 0.467. The number of carbonyl (C=O) groups is 1. The molecule has 0 saturated carbocycles. The average molecular weight is 395 g/mol. The summed E-state index contributed by atoms with van der Waals surface area (Å²) in [4.78, 5) is 12.0. The largest absolute Gasteiger partial charge is 0.493 e. The first-order chi connectivity index (χ1) is 13.7. The summed E-state index contributed by atoms with van der Waals surface area (Å²) in [5, 5.41) is 4.56. The Morgan fingerprint density at radius 3 is 2.50 bits per heavy atom. The molecule has 0 aliphatic rings. The number of hydrazone groups is 1. The highest BCUT2D eigenvalue weighted by Crippen LogP contribution is 2.28. The van der Waals surface area contributed by atoms with Gasteiger partial charge in [-0.3, -0.25) is 4.79 Å². The second-order valence-electron chi connectivity index (χ2n) is 5.89. The Labute approximate surface area is 168 Å². The number of benzene rings is 3. The van der Waals surface area contributed by atoms with Crippen molar-refractivity contribution < 1.29 is 14.3 Å². The van der Waals surface area contributed by atoms with Crippen LogP contribution in [-0.2, 0) is 6.61 Å². The Balaban J connectivity index is 1.61. The second kappa shape index (κ2) is 9.58. The molecular weight excluding hydrogens is 376 g/mol. The second-order valence-corrected chi connectivity index (χ2v) is 6.33. The van der Waals surface area contributed by atoms with Crippen molar-refractivity contribution in [1.29, 1.82) is 0 Å². The number of nitrogens with zero attached hydrogens (tertiary/aromatic N) is 1. The third kappa shape index (κ3) is 5.34. The Morgan fingerprint density at radius 2 is 1.79 bits per heavy atom. The summed E-state index contributed by atoms with van der Waals surface area (Å²) in [7, 11) is 1.58. The summed E-state index contributed by atoms with van der Waals surface area (Å²) in [6.07, 6.45) is 1.54. The van der Waals surface area contributed by atoms with Crippen LogP contribution in [0.4, 0.5) is 0 Å². The number of methoxy groups -OCH3 is 1. The van der Waals surface area contributed by atoms with Gasteiger partial charge in [0.2, 0.25) is 0 Å². The van der Waals surface area contributed by atoms with Crippen LogP contribution >= 0.6 is 11.6 Å². The van der Waals surface area contributed by atoms with Crippen LogP contribution in [0.15, 0.2) is 77.9 Å². The van der Waals surface area contributed by atoms with Crippen LogP contribution in [0.3, 0.4) is 0 Å². The van der Waals surface area contributed by atoms with E-state index >= 15 is 0 Å². The fourth-order valence-electron chi connectivity index (χ4n) is 2.45. The van der Waals surface area contributed by atoms with Crippen molar-refractivity contribution in [3.63, 3.8) is 0 Å². The zero-order valence-electron chi connectivity index (χ0n) is 15.3. The van der Waals surface area contributed by atoms with Crippen LogP contribution in [0.25, 0.3) is 0 Å². The van der Waals surface area contributed by atoms with E-state index in [9.17, 15) is 4.79 Å². The summed E-state index contributed by atoms with van der Waals surface area (Å²) in [6, 6.07) is 21.9. The van der Waals surface area contributed by atoms with Gasteiger partial charge in [-0.15, -0.1) is 0 Å². The van der Waals surface area contributed by atoms with Gasteiger partial charge in [0.15, 0.2) is 11.5 Å². The summed E-state index contributed by atoms with van der Waals surface area (Å²) in [6.45, 7) is 0.446. The molecule has 0 radical (unpaired) electrons. The van der Waals surface area contributed by atoms with Crippen LogP contribution in [0, 0.1) is 0 Å². The molecule has 28 heavy (non-hydrogen) atoms. The van der Waals surface area contributed by atoms with E-state index in [1.165, 1.54) is 6.21 Å². The smallest absolute Gasteiger partial charge is 0.271 e. The maximum absolute atomic E-state index is 12.0. The van der Waals surface area contributed by atoms with Crippen LogP contribution in [0.5, 0.6) is 11.5 Å². The van der Waals surface area contributed by atoms with Crippen molar-refractivity contribution in [1.82, 2.24) is 5.43 Å². The molecule has 0 unspecified atom stereocenters. The van der Waals surface area contributed by atoms with Crippen molar-refractivity contribution in [3.8, 4) is 11.5 Å². The summed E-state index contributed by atoms with van der Waals surface area (Å²) in [5.41, 5.74) is 4.79. The number of nitrogens with one attached hydrogen (secondary N) is 1. The minimum atomic E-state index is -0.317. The van der Waals surface area contributed by atoms with Gasteiger partial charge in [0.05, 0.1) is 13.3 Å². The molecule has 0 aromatic heterocycles. The molecule has 0 heterocycles. The molecule has 3 rings (SSSR count). The minimum absolute atomic E-state index is 0.317. The SMILES string of the molecule is COc1cc(/C=N/NC(=O)c2ccc(Cl)cc2)ccc1OCc1ccccc1. The molecule has 5 nitrogen and oxygen atoms in total. The number of amides is 1. The summed E-state index contributed by atoms with van der Waals surface area (Å²) in [5.74, 6) is 0.903. The van der Waals surface area contributed by atoms with Crippen molar-refractivity contribution in [2.24, 2.45) is 5.10 Å². The number of hydrogen-bond acceptors (Lipinski definition) is 4. The van der Waals surface area contributed by atoms with Gasteiger partial charge in [-0.2, -0.15) is 5.10 Å². The molecule has 6 heteroatoms. The van der Waals surface area contributed by atoms with Crippen LogP contribution in [0.1, 0.15) is 21.5 Å². The van der Waals surface area contributed by atoms with Gasteiger partial charge in [-0.25, -0.2) is 5.43 Å². The molecule has 0 fully saturated rings. The lowest BCUT2D eigenvalue weighted by Crippen LogP contribution is -2.17. The first-order valence-corrected chi connectivity index (χ1v) is 8.97. The van der Waals surface area contributed by atoms with Crippen LogP contribution in [-0.4, -0.2) is 19.2 Å². The lowest BCUT2D eigenvalue weighted by atomic mass is 10.2. The molecule has 0 bridgehead atoms. The Kier molecular flexibility index (Phi) is 6.65. The lowest BCUT2D eigenvalue weighted by molar-refractivity contribution is 0.0955. The van der Waals surface area contributed by atoms with E-state index in [2.05, 4.69) is 10.5 Å². The third-order valence-corrected chi connectivity index (χ3v) is 4.16. The zero-order valence-corrected chi connectivity index (χ0v) is 16.0.